The molecule has 0 radical (unpaired) electrons. The Morgan fingerprint density at radius 2 is 1.78 bits per heavy atom. The minimum absolute atomic E-state index is 0.00946. The van der Waals surface area contributed by atoms with E-state index in [0.29, 0.717) is 11.5 Å². The summed E-state index contributed by atoms with van der Waals surface area (Å²) in [7, 11) is 0. The highest BCUT2D eigenvalue weighted by molar-refractivity contribution is 5.87. The van der Waals surface area contributed by atoms with E-state index in [-0.39, 0.29) is 38.5 Å². The Bertz CT molecular complexity index is 1510. The second kappa shape index (κ2) is 12.4. The number of amides is 2. The van der Waals surface area contributed by atoms with Gasteiger partial charge in [0.15, 0.2) is 17.7 Å². The van der Waals surface area contributed by atoms with Crippen molar-refractivity contribution in [2.24, 2.45) is 0 Å². The van der Waals surface area contributed by atoms with Crippen molar-refractivity contribution in [3.8, 4) is 11.5 Å². The standard InChI is InChI=1S/C28H30N4O9/c33-22(9-8-20-24(35)25(36)27(41-20)32-11-10-23(34)31-28(32)38)30-18(12-16-4-2-1-3-5-16)26(37)29-14-17-6-7-19-21(13-17)40-15-39-19/h1-7,10-11,13,18,20,24-25,27,35-36H,8-9,12,14-15H2,(H,29,37)(H,30,33)(H,31,34,38)/t18-,20-,24-,25-,27-/m1/s1. The molecule has 1 aromatic heterocycles. The molecule has 2 aromatic carbocycles. The molecule has 5 N–H and O–H groups in total. The molecule has 13 heteroatoms. The van der Waals surface area contributed by atoms with Gasteiger partial charge in [0.1, 0.15) is 18.2 Å². The second-order valence-electron chi connectivity index (χ2n) is 9.82. The number of benzene rings is 2. The van der Waals surface area contributed by atoms with Crippen LogP contribution in [-0.4, -0.2) is 62.7 Å². The molecule has 2 aliphatic rings. The predicted molar refractivity (Wildman–Crippen MR) is 143 cm³/mol. The van der Waals surface area contributed by atoms with Gasteiger partial charge in [-0.25, -0.2) is 4.79 Å². The van der Waals surface area contributed by atoms with E-state index in [0.717, 1.165) is 28.0 Å². The number of nitrogens with one attached hydrogen (secondary N) is 3. The maximum absolute atomic E-state index is 13.2. The van der Waals surface area contributed by atoms with Crippen LogP contribution in [0.15, 0.2) is 70.4 Å². The number of fused-ring (bicyclic) bond motifs is 1. The van der Waals surface area contributed by atoms with Gasteiger partial charge in [0.2, 0.25) is 18.6 Å². The summed E-state index contributed by atoms with van der Waals surface area (Å²) < 4.78 is 17.3. The Hall–Kier alpha value is -4.46. The maximum Gasteiger partial charge on any atom is 0.330 e. The van der Waals surface area contributed by atoms with E-state index >= 15 is 0 Å². The van der Waals surface area contributed by atoms with Crippen LogP contribution in [0.2, 0.25) is 0 Å². The Kier molecular flexibility index (Phi) is 8.47. The van der Waals surface area contributed by atoms with Crippen molar-refractivity contribution in [1.29, 1.82) is 0 Å². The molecular weight excluding hydrogens is 536 g/mol. The Balaban J connectivity index is 1.20. The third-order valence-electron chi connectivity index (χ3n) is 6.96. The summed E-state index contributed by atoms with van der Waals surface area (Å²) in [5.41, 5.74) is 0.234. The topological polar surface area (TPSA) is 181 Å². The number of aromatic amines is 1. The summed E-state index contributed by atoms with van der Waals surface area (Å²) in [4.78, 5) is 51.6. The van der Waals surface area contributed by atoms with Crippen LogP contribution in [0.25, 0.3) is 0 Å². The first-order valence-electron chi connectivity index (χ1n) is 13.1. The van der Waals surface area contributed by atoms with Crippen LogP contribution >= 0.6 is 0 Å². The van der Waals surface area contributed by atoms with Crippen molar-refractivity contribution in [1.82, 2.24) is 20.2 Å². The number of aliphatic hydroxyl groups is 2. The number of carbonyl (C=O) groups is 2. The molecule has 5 atom stereocenters. The molecule has 0 unspecified atom stereocenters. The van der Waals surface area contributed by atoms with Gasteiger partial charge in [0.25, 0.3) is 5.56 Å². The monoisotopic (exact) mass is 566 g/mol. The molecule has 1 fully saturated rings. The van der Waals surface area contributed by atoms with Crippen molar-refractivity contribution in [3.05, 3.63) is 92.8 Å². The van der Waals surface area contributed by atoms with E-state index in [9.17, 15) is 29.4 Å². The van der Waals surface area contributed by atoms with E-state index in [1.54, 1.807) is 12.1 Å². The van der Waals surface area contributed by atoms with Gasteiger partial charge in [-0.2, -0.15) is 0 Å². The number of aliphatic hydroxyl groups excluding tert-OH is 2. The highest BCUT2D eigenvalue weighted by Gasteiger charge is 2.44. The van der Waals surface area contributed by atoms with E-state index in [2.05, 4.69) is 15.6 Å². The molecule has 0 spiro atoms. The summed E-state index contributed by atoms with van der Waals surface area (Å²) in [5.74, 6) is 0.388. The molecule has 3 aromatic rings. The first-order chi connectivity index (χ1) is 19.8. The lowest BCUT2D eigenvalue weighted by Gasteiger charge is -2.20. The molecule has 5 rings (SSSR count). The molecule has 2 aliphatic heterocycles. The van der Waals surface area contributed by atoms with Gasteiger partial charge in [0.05, 0.1) is 6.10 Å². The summed E-state index contributed by atoms with van der Waals surface area (Å²) in [5, 5.41) is 26.5. The van der Waals surface area contributed by atoms with Crippen molar-refractivity contribution >= 4 is 11.8 Å². The fourth-order valence-electron chi connectivity index (χ4n) is 4.79. The Morgan fingerprint density at radius 3 is 2.56 bits per heavy atom. The molecule has 216 valence electrons. The largest absolute Gasteiger partial charge is 0.454 e. The fraction of sp³-hybridized carbons (Fsp3) is 0.357. The predicted octanol–water partition coefficient (Wildman–Crippen LogP) is -0.291. The number of nitrogens with zero attached hydrogens (tertiary/aromatic N) is 1. The van der Waals surface area contributed by atoms with Gasteiger partial charge in [-0.1, -0.05) is 36.4 Å². The van der Waals surface area contributed by atoms with E-state index in [1.807, 2.05) is 36.4 Å². The lowest BCUT2D eigenvalue weighted by Crippen LogP contribution is -2.48. The average Bonchev–Trinajstić information content (AvgIpc) is 3.54. The zero-order valence-electron chi connectivity index (χ0n) is 21.9. The molecule has 1 saturated heterocycles. The third-order valence-corrected chi connectivity index (χ3v) is 6.96. The highest BCUT2D eigenvalue weighted by Crippen LogP contribution is 2.32. The lowest BCUT2D eigenvalue weighted by atomic mass is 10.0. The van der Waals surface area contributed by atoms with Crippen LogP contribution in [0.5, 0.6) is 11.5 Å². The summed E-state index contributed by atoms with van der Waals surface area (Å²) in [6.07, 6.45) is -3.75. The number of aromatic nitrogens is 2. The molecule has 0 bridgehead atoms. The number of H-pyrrole nitrogens is 1. The van der Waals surface area contributed by atoms with E-state index in [4.69, 9.17) is 14.2 Å². The number of hydrogen-bond donors (Lipinski definition) is 5. The van der Waals surface area contributed by atoms with Crippen LogP contribution in [0.3, 0.4) is 0 Å². The normalized spacial score (nSPS) is 21.8. The SMILES string of the molecule is O=C(CC[C@H]1O[C@@H](n2ccc(=O)[nH]c2=O)[C@H](O)[C@@H]1O)N[C@H](Cc1ccccc1)C(=O)NCc1ccc2c(c1)OCO2. The van der Waals surface area contributed by atoms with Crippen LogP contribution in [0.4, 0.5) is 0 Å². The summed E-state index contributed by atoms with van der Waals surface area (Å²) in [6.45, 7) is 0.354. The molecule has 3 heterocycles. The van der Waals surface area contributed by atoms with E-state index < -0.39 is 47.7 Å². The van der Waals surface area contributed by atoms with Gasteiger partial charge < -0.3 is 35.1 Å². The lowest BCUT2D eigenvalue weighted by molar-refractivity contribution is -0.129. The summed E-state index contributed by atoms with van der Waals surface area (Å²) >= 11 is 0. The van der Waals surface area contributed by atoms with Crippen molar-refractivity contribution in [3.63, 3.8) is 0 Å². The second-order valence-corrected chi connectivity index (χ2v) is 9.82. The molecule has 41 heavy (non-hydrogen) atoms. The van der Waals surface area contributed by atoms with Crippen LogP contribution < -0.4 is 31.4 Å². The average molecular weight is 567 g/mol. The molecule has 0 aliphatic carbocycles. The molecular formula is C28H30N4O9. The van der Waals surface area contributed by atoms with E-state index in [1.165, 1.54) is 0 Å². The number of carbonyl (C=O) groups excluding carboxylic acids is 2. The van der Waals surface area contributed by atoms with Crippen LogP contribution in [0.1, 0.15) is 30.2 Å². The van der Waals surface area contributed by atoms with Gasteiger partial charge in [-0.3, -0.25) is 23.9 Å². The number of rotatable bonds is 10. The molecule has 13 nitrogen and oxygen atoms in total. The zero-order chi connectivity index (χ0) is 28.9. The quantitative estimate of drug-likeness (QED) is 0.220. The minimum atomic E-state index is -1.46. The van der Waals surface area contributed by atoms with Gasteiger partial charge in [-0.05, 0) is 29.7 Å². The Morgan fingerprint density at radius 1 is 1.00 bits per heavy atom. The molecule has 0 saturated carbocycles. The number of ether oxygens (including phenoxy) is 3. The Labute approximate surface area is 233 Å². The summed E-state index contributed by atoms with van der Waals surface area (Å²) in [6, 6.07) is 14.8. The smallest absolute Gasteiger partial charge is 0.330 e. The van der Waals surface area contributed by atoms with Crippen LogP contribution in [-0.2, 0) is 27.3 Å². The first-order valence-corrected chi connectivity index (χ1v) is 13.1. The van der Waals surface area contributed by atoms with Crippen molar-refractivity contribution in [2.75, 3.05) is 6.79 Å². The van der Waals surface area contributed by atoms with Crippen molar-refractivity contribution in [2.45, 2.75) is 56.4 Å². The minimum Gasteiger partial charge on any atom is -0.454 e. The highest BCUT2D eigenvalue weighted by atomic mass is 16.7. The fourth-order valence-corrected chi connectivity index (χ4v) is 4.79. The van der Waals surface area contributed by atoms with Crippen molar-refractivity contribution < 1.29 is 34.0 Å². The number of hydrogen-bond acceptors (Lipinski definition) is 9. The first kappa shape index (κ1) is 28.1. The molecule has 2 amide bonds. The van der Waals surface area contributed by atoms with Crippen LogP contribution in [0, 0.1) is 0 Å². The zero-order valence-corrected chi connectivity index (χ0v) is 21.9. The van der Waals surface area contributed by atoms with Gasteiger partial charge in [-0.15, -0.1) is 0 Å². The maximum atomic E-state index is 13.2. The van der Waals surface area contributed by atoms with Gasteiger partial charge in [0, 0.05) is 31.6 Å². The third kappa shape index (κ3) is 6.65. The van der Waals surface area contributed by atoms with Gasteiger partial charge >= 0.3 is 5.69 Å².